The average Bonchev–Trinajstić information content (AvgIpc) is 2.96. The minimum absolute atomic E-state index is 0.0101. The molecular formula is C28H21IN4O6. The zero-order valence-electron chi connectivity index (χ0n) is 20.7. The second-order valence-corrected chi connectivity index (χ2v) is 9.16. The molecule has 0 aliphatic rings. The van der Waals surface area contributed by atoms with Gasteiger partial charge in [0, 0.05) is 3.57 Å². The van der Waals surface area contributed by atoms with Gasteiger partial charge in [0.1, 0.15) is 22.6 Å². The zero-order chi connectivity index (χ0) is 27.9. The van der Waals surface area contributed by atoms with Gasteiger partial charge in [-0.1, -0.05) is 18.2 Å². The molecule has 11 heteroatoms. The number of aromatic hydroxyl groups is 2. The number of nitrogens with zero attached hydrogens (tertiary/aromatic N) is 4. The van der Waals surface area contributed by atoms with Gasteiger partial charge in [-0.05, 0) is 94.4 Å². The summed E-state index contributed by atoms with van der Waals surface area (Å²) in [5.74, 6) is -1.71. The van der Waals surface area contributed by atoms with Gasteiger partial charge in [0.2, 0.25) is 0 Å². The van der Waals surface area contributed by atoms with Crippen molar-refractivity contribution in [1.82, 2.24) is 0 Å². The van der Waals surface area contributed by atoms with E-state index in [-0.39, 0.29) is 22.6 Å². The van der Waals surface area contributed by atoms with Crippen LogP contribution in [-0.4, -0.2) is 36.4 Å². The van der Waals surface area contributed by atoms with Crippen LogP contribution in [0, 0.1) is 3.57 Å². The van der Waals surface area contributed by atoms with Crippen molar-refractivity contribution in [2.75, 3.05) is 14.2 Å². The number of benzene rings is 4. The Morgan fingerprint density at radius 3 is 1.59 bits per heavy atom. The second kappa shape index (κ2) is 12.3. The molecule has 2 N–H and O–H groups in total. The summed E-state index contributed by atoms with van der Waals surface area (Å²) < 4.78 is 10.2. The molecule has 0 aliphatic heterocycles. The van der Waals surface area contributed by atoms with Crippen LogP contribution < -0.4 is 0 Å². The third kappa shape index (κ3) is 6.62. The van der Waals surface area contributed by atoms with Crippen LogP contribution in [0.4, 0.5) is 22.7 Å². The van der Waals surface area contributed by atoms with Crippen molar-refractivity contribution in [2.45, 2.75) is 0 Å². The maximum atomic E-state index is 11.8. The topological polar surface area (TPSA) is 142 Å². The molecule has 0 unspecified atom stereocenters. The number of hydrogen-bond donors (Lipinski definition) is 2. The highest BCUT2D eigenvalue weighted by atomic mass is 127. The van der Waals surface area contributed by atoms with Gasteiger partial charge < -0.3 is 19.7 Å². The highest BCUT2D eigenvalue weighted by Gasteiger charge is 2.13. The minimum Gasteiger partial charge on any atom is -0.507 e. The van der Waals surface area contributed by atoms with Gasteiger partial charge in [0.25, 0.3) is 0 Å². The molecule has 0 amide bonds. The Hall–Kier alpha value is -4.65. The zero-order valence-corrected chi connectivity index (χ0v) is 22.9. The van der Waals surface area contributed by atoms with Gasteiger partial charge in [-0.25, -0.2) is 9.59 Å². The van der Waals surface area contributed by atoms with Crippen molar-refractivity contribution in [3.8, 4) is 22.6 Å². The Morgan fingerprint density at radius 1 is 0.615 bits per heavy atom. The first kappa shape index (κ1) is 27.4. The molecule has 0 saturated carbocycles. The van der Waals surface area contributed by atoms with Crippen molar-refractivity contribution in [1.29, 1.82) is 0 Å². The predicted octanol–water partition coefficient (Wildman–Crippen LogP) is 7.77. The van der Waals surface area contributed by atoms with Gasteiger partial charge >= 0.3 is 11.9 Å². The Morgan fingerprint density at radius 2 is 1.08 bits per heavy atom. The molecule has 0 heterocycles. The maximum absolute atomic E-state index is 11.8. The van der Waals surface area contributed by atoms with E-state index in [1.54, 1.807) is 12.1 Å². The molecular weight excluding hydrogens is 615 g/mol. The van der Waals surface area contributed by atoms with E-state index in [0.29, 0.717) is 22.7 Å². The number of azo groups is 2. The SMILES string of the molecule is COC(=O)c1cc(/N=N/c2ccc(-c3ccc(/N=N/c4ccc(O)c(C(=O)OC)c4)c(I)c3)cc2)ccc1O. The summed E-state index contributed by atoms with van der Waals surface area (Å²) in [4.78, 5) is 23.5. The molecule has 0 aromatic heterocycles. The summed E-state index contributed by atoms with van der Waals surface area (Å²) in [7, 11) is 2.47. The average molecular weight is 636 g/mol. The van der Waals surface area contributed by atoms with Crippen LogP contribution in [0.2, 0.25) is 0 Å². The Kier molecular flexibility index (Phi) is 8.61. The first-order valence-corrected chi connectivity index (χ1v) is 12.4. The van der Waals surface area contributed by atoms with Crippen molar-refractivity contribution in [2.24, 2.45) is 20.5 Å². The van der Waals surface area contributed by atoms with Crippen molar-refractivity contribution in [3.63, 3.8) is 0 Å². The van der Waals surface area contributed by atoms with Crippen LogP contribution in [0.25, 0.3) is 11.1 Å². The van der Waals surface area contributed by atoms with Crippen LogP contribution in [-0.2, 0) is 9.47 Å². The van der Waals surface area contributed by atoms with E-state index in [9.17, 15) is 19.8 Å². The van der Waals surface area contributed by atoms with Gasteiger partial charge in [-0.15, -0.1) is 5.11 Å². The van der Waals surface area contributed by atoms with Crippen LogP contribution in [0.3, 0.4) is 0 Å². The van der Waals surface area contributed by atoms with E-state index < -0.39 is 11.9 Å². The van der Waals surface area contributed by atoms with E-state index in [2.05, 4.69) is 52.5 Å². The summed E-state index contributed by atoms with van der Waals surface area (Å²) >= 11 is 2.17. The maximum Gasteiger partial charge on any atom is 0.341 e. The Labute approximate surface area is 236 Å². The molecule has 0 saturated heterocycles. The highest BCUT2D eigenvalue weighted by molar-refractivity contribution is 14.1. The highest BCUT2D eigenvalue weighted by Crippen LogP contribution is 2.32. The molecule has 0 aliphatic carbocycles. The second-order valence-electron chi connectivity index (χ2n) is 8.00. The number of carbonyl (C=O) groups excluding carboxylic acids is 2. The monoisotopic (exact) mass is 636 g/mol. The van der Waals surface area contributed by atoms with Crippen molar-refractivity contribution < 1.29 is 29.3 Å². The lowest BCUT2D eigenvalue weighted by Crippen LogP contribution is -2.00. The largest absolute Gasteiger partial charge is 0.507 e. The van der Waals surface area contributed by atoms with Crippen LogP contribution in [0.1, 0.15) is 20.7 Å². The fraction of sp³-hybridized carbons (Fsp3) is 0.0714. The molecule has 4 aromatic rings. The van der Waals surface area contributed by atoms with Gasteiger partial charge in [0.15, 0.2) is 0 Å². The number of ether oxygens (including phenoxy) is 2. The minimum atomic E-state index is -0.663. The molecule has 196 valence electrons. The first-order chi connectivity index (χ1) is 18.8. The Bertz CT molecular complexity index is 1600. The fourth-order valence-corrected chi connectivity index (χ4v) is 4.06. The van der Waals surface area contributed by atoms with Gasteiger partial charge in [0.05, 0.1) is 37.0 Å². The molecule has 0 spiro atoms. The fourth-order valence-electron chi connectivity index (χ4n) is 3.43. The van der Waals surface area contributed by atoms with Crippen LogP contribution in [0.5, 0.6) is 11.5 Å². The number of phenols is 2. The molecule has 0 atom stereocenters. The quantitative estimate of drug-likeness (QED) is 0.121. The number of halogens is 1. The molecule has 10 nitrogen and oxygen atoms in total. The third-order valence-corrected chi connectivity index (χ3v) is 6.34. The lowest BCUT2D eigenvalue weighted by molar-refractivity contribution is 0.0588. The molecule has 0 radical (unpaired) electrons. The van der Waals surface area contributed by atoms with Gasteiger partial charge in [-0.2, -0.15) is 15.3 Å². The summed E-state index contributed by atoms with van der Waals surface area (Å²) in [6.45, 7) is 0. The summed E-state index contributed by atoms with van der Waals surface area (Å²) in [5.41, 5.74) is 3.96. The standard InChI is InChI=1S/C28H21IN4O6/c1-38-27(36)21-14-19(8-11-25(21)34)31-30-18-6-3-16(4-7-18)17-5-10-24(23(29)13-17)33-32-20-9-12-26(35)22(15-20)28(37)39-2/h3-15,34-35H,1-2H3/b31-30+,33-32+. The normalized spacial score (nSPS) is 11.2. The van der Waals surface area contributed by atoms with E-state index in [1.165, 1.54) is 38.5 Å². The summed E-state index contributed by atoms with van der Waals surface area (Å²) in [6.07, 6.45) is 0. The lowest BCUT2D eigenvalue weighted by Gasteiger charge is -2.05. The molecule has 4 rings (SSSR count). The van der Waals surface area contributed by atoms with Gasteiger partial charge in [-0.3, -0.25) is 0 Å². The number of esters is 2. The molecule has 0 bridgehead atoms. The smallest absolute Gasteiger partial charge is 0.341 e. The number of rotatable bonds is 7. The number of phenolic OH excluding ortho intramolecular Hbond substituents is 2. The third-order valence-electron chi connectivity index (χ3n) is 5.47. The summed E-state index contributed by atoms with van der Waals surface area (Å²) in [5, 5.41) is 36.4. The molecule has 4 aromatic carbocycles. The number of methoxy groups -OCH3 is 2. The van der Waals surface area contributed by atoms with Crippen molar-refractivity contribution in [3.05, 3.63) is 93.6 Å². The number of hydrogen-bond acceptors (Lipinski definition) is 10. The van der Waals surface area contributed by atoms with E-state index in [0.717, 1.165) is 14.7 Å². The van der Waals surface area contributed by atoms with Crippen LogP contribution in [0.15, 0.2) is 99.3 Å². The lowest BCUT2D eigenvalue weighted by atomic mass is 10.1. The first-order valence-electron chi connectivity index (χ1n) is 11.3. The van der Waals surface area contributed by atoms with Crippen molar-refractivity contribution >= 4 is 57.3 Å². The van der Waals surface area contributed by atoms with Crippen LogP contribution >= 0.6 is 22.6 Å². The van der Waals surface area contributed by atoms with E-state index in [4.69, 9.17) is 0 Å². The Balaban J connectivity index is 1.48. The molecule has 0 fully saturated rings. The summed E-state index contributed by atoms with van der Waals surface area (Å²) in [6, 6.07) is 21.8. The number of carbonyl (C=O) groups is 2. The van der Waals surface area contributed by atoms with E-state index >= 15 is 0 Å². The van der Waals surface area contributed by atoms with E-state index in [1.807, 2.05) is 42.5 Å². The molecule has 39 heavy (non-hydrogen) atoms. The predicted molar refractivity (Wildman–Crippen MR) is 152 cm³/mol.